The average molecular weight is 553 g/mol. The van der Waals surface area contributed by atoms with Gasteiger partial charge in [0.1, 0.15) is 5.82 Å². The van der Waals surface area contributed by atoms with Gasteiger partial charge in [0, 0.05) is 44.3 Å². The summed E-state index contributed by atoms with van der Waals surface area (Å²) in [6, 6.07) is 12.2. The Bertz CT molecular complexity index is 868. The Hall–Kier alpha value is -2.23. The van der Waals surface area contributed by atoms with Gasteiger partial charge in [0.2, 0.25) is 0 Å². The van der Waals surface area contributed by atoms with Crippen molar-refractivity contribution in [3.05, 3.63) is 48.2 Å². The van der Waals surface area contributed by atoms with E-state index in [0.717, 1.165) is 56.0 Å². The number of benzene rings is 1. The van der Waals surface area contributed by atoms with Crippen LogP contribution in [0.2, 0.25) is 0 Å². The van der Waals surface area contributed by atoms with Gasteiger partial charge in [-0.3, -0.25) is 4.99 Å². The SMILES string of the molecule is CCNC(=NCC(C)(C)c1ccc(OC)c(OC)c1)N1CCN(c2ccccn2)CC1.I. The average Bonchev–Trinajstić information content (AvgIpc) is 2.82. The molecule has 1 aromatic heterocycles. The first kappa shape index (κ1) is 26.0. The minimum Gasteiger partial charge on any atom is -0.493 e. The molecule has 0 radical (unpaired) electrons. The fourth-order valence-electron chi connectivity index (χ4n) is 3.73. The van der Waals surface area contributed by atoms with Crippen LogP contribution in [-0.4, -0.2) is 69.3 Å². The monoisotopic (exact) mass is 553 g/mol. The molecule has 2 heterocycles. The molecule has 1 N–H and O–H groups in total. The molecule has 1 saturated heterocycles. The number of aromatic nitrogens is 1. The number of rotatable bonds is 7. The van der Waals surface area contributed by atoms with Crippen molar-refractivity contribution >= 4 is 35.8 Å². The Balaban J connectivity index is 0.00000363. The fraction of sp³-hybridized carbons (Fsp3) is 0.500. The van der Waals surface area contributed by atoms with Gasteiger partial charge in [-0.25, -0.2) is 4.98 Å². The second-order valence-electron chi connectivity index (χ2n) is 8.29. The molecular weight excluding hydrogens is 517 g/mol. The lowest BCUT2D eigenvalue weighted by molar-refractivity contribution is 0.353. The van der Waals surface area contributed by atoms with Crippen molar-refractivity contribution in [3.8, 4) is 11.5 Å². The number of hydrogen-bond acceptors (Lipinski definition) is 5. The van der Waals surface area contributed by atoms with Crippen LogP contribution in [0.4, 0.5) is 5.82 Å². The molecule has 176 valence electrons. The number of halogens is 1. The van der Waals surface area contributed by atoms with Crippen LogP contribution in [0.5, 0.6) is 11.5 Å². The zero-order valence-corrected chi connectivity index (χ0v) is 22.1. The molecule has 1 aromatic carbocycles. The number of methoxy groups -OCH3 is 2. The van der Waals surface area contributed by atoms with Gasteiger partial charge in [-0.2, -0.15) is 0 Å². The minimum atomic E-state index is -0.143. The molecule has 0 saturated carbocycles. The second-order valence-corrected chi connectivity index (χ2v) is 8.29. The number of aliphatic imine (C=N–C) groups is 1. The Labute approximate surface area is 209 Å². The van der Waals surface area contributed by atoms with Gasteiger partial charge in [0.25, 0.3) is 0 Å². The van der Waals surface area contributed by atoms with E-state index in [0.29, 0.717) is 6.54 Å². The molecule has 32 heavy (non-hydrogen) atoms. The Morgan fingerprint density at radius 1 is 1.06 bits per heavy atom. The van der Waals surface area contributed by atoms with Crippen molar-refractivity contribution in [1.82, 2.24) is 15.2 Å². The van der Waals surface area contributed by atoms with Gasteiger partial charge in [-0.05, 0) is 36.8 Å². The highest BCUT2D eigenvalue weighted by Crippen LogP contribution is 2.33. The number of pyridine rings is 1. The number of nitrogens with zero attached hydrogens (tertiary/aromatic N) is 4. The summed E-state index contributed by atoms with van der Waals surface area (Å²) >= 11 is 0. The predicted molar refractivity (Wildman–Crippen MR) is 142 cm³/mol. The Morgan fingerprint density at radius 3 is 2.38 bits per heavy atom. The first-order chi connectivity index (χ1) is 15.0. The van der Waals surface area contributed by atoms with E-state index in [4.69, 9.17) is 14.5 Å². The highest BCUT2D eigenvalue weighted by Gasteiger charge is 2.24. The molecule has 0 unspecified atom stereocenters. The molecule has 0 amide bonds. The summed E-state index contributed by atoms with van der Waals surface area (Å²) in [4.78, 5) is 14.2. The first-order valence-electron chi connectivity index (χ1n) is 10.9. The summed E-state index contributed by atoms with van der Waals surface area (Å²) in [5.74, 6) is 3.50. The van der Waals surface area contributed by atoms with Crippen molar-refractivity contribution in [2.75, 3.05) is 58.4 Å². The van der Waals surface area contributed by atoms with E-state index in [1.165, 1.54) is 5.56 Å². The maximum atomic E-state index is 5.49. The molecule has 1 aliphatic rings. The lowest BCUT2D eigenvalue weighted by atomic mass is 9.84. The molecule has 3 rings (SSSR count). The number of nitrogens with one attached hydrogen (secondary N) is 1. The second kappa shape index (κ2) is 12.1. The number of ether oxygens (including phenoxy) is 2. The number of anilines is 1. The van der Waals surface area contributed by atoms with Gasteiger partial charge in [-0.15, -0.1) is 24.0 Å². The summed E-state index contributed by atoms with van der Waals surface area (Å²) in [6.45, 7) is 11.7. The van der Waals surface area contributed by atoms with Crippen LogP contribution in [0.1, 0.15) is 26.3 Å². The number of piperazine rings is 1. The fourth-order valence-corrected chi connectivity index (χ4v) is 3.73. The van der Waals surface area contributed by atoms with Gasteiger partial charge >= 0.3 is 0 Å². The first-order valence-corrected chi connectivity index (χ1v) is 10.9. The van der Waals surface area contributed by atoms with Crippen LogP contribution < -0.4 is 19.7 Å². The molecule has 8 heteroatoms. The topological polar surface area (TPSA) is 62.2 Å². The zero-order chi connectivity index (χ0) is 22.3. The molecule has 0 spiro atoms. The van der Waals surface area contributed by atoms with Crippen LogP contribution >= 0.6 is 24.0 Å². The van der Waals surface area contributed by atoms with E-state index in [1.807, 2.05) is 30.5 Å². The number of hydrogen-bond donors (Lipinski definition) is 1. The van der Waals surface area contributed by atoms with Crippen molar-refractivity contribution in [2.24, 2.45) is 4.99 Å². The number of guanidine groups is 1. The molecule has 1 aliphatic heterocycles. The predicted octanol–water partition coefficient (Wildman–Crippen LogP) is 3.78. The third-order valence-electron chi connectivity index (χ3n) is 5.68. The van der Waals surface area contributed by atoms with Crippen LogP contribution in [0.25, 0.3) is 0 Å². The summed E-state index contributed by atoms with van der Waals surface area (Å²) in [6.07, 6.45) is 1.85. The quantitative estimate of drug-likeness (QED) is 0.320. The molecule has 0 bridgehead atoms. The zero-order valence-electron chi connectivity index (χ0n) is 19.8. The van der Waals surface area contributed by atoms with Gasteiger partial charge in [0.05, 0.1) is 20.8 Å². The Kier molecular flexibility index (Phi) is 9.86. The van der Waals surface area contributed by atoms with E-state index in [1.54, 1.807) is 14.2 Å². The maximum absolute atomic E-state index is 5.49. The highest BCUT2D eigenvalue weighted by molar-refractivity contribution is 14.0. The van der Waals surface area contributed by atoms with Crippen LogP contribution in [-0.2, 0) is 5.41 Å². The van der Waals surface area contributed by atoms with E-state index in [9.17, 15) is 0 Å². The lowest BCUT2D eigenvalue weighted by Crippen LogP contribution is -2.53. The van der Waals surface area contributed by atoms with Crippen LogP contribution in [0.3, 0.4) is 0 Å². The normalized spacial score (nSPS) is 14.6. The summed E-state index contributed by atoms with van der Waals surface area (Å²) in [5, 5.41) is 3.47. The van der Waals surface area contributed by atoms with Crippen molar-refractivity contribution < 1.29 is 9.47 Å². The third-order valence-corrected chi connectivity index (χ3v) is 5.68. The summed E-state index contributed by atoms with van der Waals surface area (Å²) in [5.41, 5.74) is 1.03. The third kappa shape index (κ3) is 6.40. The van der Waals surface area contributed by atoms with E-state index < -0.39 is 0 Å². The molecule has 7 nitrogen and oxygen atoms in total. The van der Waals surface area contributed by atoms with Crippen molar-refractivity contribution in [1.29, 1.82) is 0 Å². The lowest BCUT2D eigenvalue weighted by Gasteiger charge is -2.37. The summed E-state index contributed by atoms with van der Waals surface area (Å²) < 4.78 is 10.9. The molecule has 1 fully saturated rings. The maximum Gasteiger partial charge on any atom is 0.194 e. The standard InChI is InChI=1S/C24H35N5O2.HI/c1-6-25-23(29-15-13-28(14-16-29)22-9-7-8-12-26-22)27-18-24(2,3)19-10-11-20(30-4)21(17-19)31-5;/h7-12,17H,6,13-16,18H2,1-5H3,(H,25,27);1H. The smallest absolute Gasteiger partial charge is 0.194 e. The highest BCUT2D eigenvalue weighted by atomic mass is 127. The van der Waals surface area contributed by atoms with Gasteiger partial charge in [0.15, 0.2) is 17.5 Å². The molecule has 0 atom stereocenters. The van der Waals surface area contributed by atoms with Crippen molar-refractivity contribution in [2.45, 2.75) is 26.2 Å². The van der Waals surface area contributed by atoms with E-state index in [2.05, 4.69) is 53.0 Å². The molecule has 0 aliphatic carbocycles. The van der Waals surface area contributed by atoms with Gasteiger partial charge < -0.3 is 24.6 Å². The molecular formula is C24H36IN5O2. The molecule has 2 aromatic rings. The van der Waals surface area contributed by atoms with E-state index in [-0.39, 0.29) is 29.4 Å². The van der Waals surface area contributed by atoms with Crippen LogP contribution in [0.15, 0.2) is 47.6 Å². The largest absolute Gasteiger partial charge is 0.493 e. The minimum absolute atomic E-state index is 0. The summed E-state index contributed by atoms with van der Waals surface area (Å²) in [7, 11) is 3.32. The van der Waals surface area contributed by atoms with E-state index >= 15 is 0 Å². The van der Waals surface area contributed by atoms with Crippen molar-refractivity contribution in [3.63, 3.8) is 0 Å². The van der Waals surface area contributed by atoms with Gasteiger partial charge in [-0.1, -0.05) is 26.0 Å². The van der Waals surface area contributed by atoms with Crippen LogP contribution in [0, 0.1) is 0 Å². The Morgan fingerprint density at radius 2 is 1.78 bits per heavy atom.